The molecule has 14 heavy (non-hydrogen) atoms. The van der Waals surface area contributed by atoms with Crippen LogP contribution in [0.4, 0.5) is 0 Å². The Morgan fingerprint density at radius 2 is 1.93 bits per heavy atom. The number of benzene rings is 1. The number of aliphatic hydroxyl groups is 1. The molecule has 0 aliphatic heterocycles. The molecule has 2 heteroatoms. The van der Waals surface area contributed by atoms with Gasteiger partial charge in [-0.1, -0.05) is 24.3 Å². The normalized spacial score (nSPS) is 11.0. The first-order chi connectivity index (χ1) is 6.54. The van der Waals surface area contributed by atoms with Crippen LogP contribution in [0.2, 0.25) is 0 Å². The summed E-state index contributed by atoms with van der Waals surface area (Å²) >= 11 is 0. The van der Waals surface area contributed by atoms with Gasteiger partial charge in [0.15, 0.2) is 0 Å². The van der Waals surface area contributed by atoms with Gasteiger partial charge in [-0.15, -0.1) is 0 Å². The van der Waals surface area contributed by atoms with Gasteiger partial charge in [-0.3, -0.25) is 0 Å². The van der Waals surface area contributed by atoms with Crippen LogP contribution in [-0.2, 0) is 12.0 Å². The van der Waals surface area contributed by atoms with Gasteiger partial charge in [0.25, 0.3) is 0 Å². The van der Waals surface area contributed by atoms with E-state index in [4.69, 9.17) is 5.26 Å². The maximum Gasteiger partial charge on any atom is 0.0840 e. The molecular formula is C12H14NO. The third-order valence-electron chi connectivity index (χ3n) is 2.09. The molecule has 0 atom stereocenters. The van der Waals surface area contributed by atoms with Gasteiger partial charge in [-0.05, 0) is 31.4 Å². The highest BCUT2D eigenvalue weighted by Crippen LogP contribution is 2.19. The van der Waals surface area contributed by atoms with Gasteiger partial charge in [0.05, 0.1) is 18.1 Å². The van der Waals surface area contributed by atoms with Crippen LogP contribution >= 0.6 is 0 Å². The smallest absolute Gasteiger partial charge is 0.0840 e. The molecule has 1 radical (unpaired) electrons. The number of rotatable bonds is 3. The van der Waals surface area contributed by atoms with E-state index in [-0.39, 0.29) is 0 Å². The molecule has 0 aliphatic rings. The summed E-state index contributed by atoms with van der Waals surface area (Å²) in [6.45, 7) is 3.51. The fourth-order valence-electron chi connectivity index (χ4n) is 1.21. The lowest BCUT2D eigenvalue weighted by atomic mass is 9.96. The Balaban J connectivity index is 2.75. The van der Waals surface area contributed by atoms with Gasteiger partial charge >= 0.3 is 0 Å². The molecule has 1 N–H and O–H groups in total. The van der Waals surface area contributed by atoms with Gasteiger partial charge in [0.1, 0.15) is 0 Å². The highest BCUT2D eigenvalue weighted by atomic mass is 16.3. The number of hydrogen-bond acceptors (Lipinski definition) is 2. The van der Waals surface area contributed by atoms with Gasteiger partial charge in [-0.25, -0.2) is 0 Å². The minimum atomic E-state index is -0.794. The molecule has 0 saturated heterocycles. The zero-order valence-electron chi connectivity index (χ0n) is 8.49. The van der Waals surface area contributed by atoms with Crippen LogP contribution in [-0.4, -0.2) is 5.11 Å². The zero-order valence-corrected chi connectivity index (χ0v) is 8.49. The molecule has 0 bridgehead atoms. The van der Waals surface area contributed by atoms with Crippen LogP contribution in [0.3, 0.4) is 0 Å². The van der Waals surface area contributed by atoms with Gasteiger partial charge in [0, 0.05) is 0 Å². The van der Waals surface area contributed by atoms with E-state index >= 15 is 0 Å². The van der Waals surface area contributed by atoms with E-state index in [9.17, 15) is 5.11 Å². The third kappa shape index (κ3) is 2.86. The molecule has 0 fully saturated rings. The molecule has 2 nitrogen and oxygen atoms in total. The van der Waals surface area contributed by atoms with Crippen LogP contribution in [0.25, 0.3) is 0 Å². The molecule has 0 spiro atoms. The molecule has 0 saturated carbocycles. The molecule has 0 unspecified atom stereocenters. The second-order valence-electron chi connectivity index (χ2n) is 3.79. The SMILES string of the molecule is CC(C)(O)c1ccc(C[CH]C#N)cc1. The summed E-state index contributed by atoms with van der Waals surface area (Å²) in [4.78, 5) is 0. The quantitative estimate of drug-likeness (QED) is 0.790. The van der Waals surface area contributed by atoms with Crippen LogP contribution in [0, 0.1) is 17.8 Å². The molecule has 0 aliphatic carbocycles. The summed E-state index contributed by atoms with van der Waals surface area (Å²) in [5, 5.41) is 18.1. The predicted octanol–water partition coefficient (Wildman–Crippen LogP) is 2.18. The maximum absolute atomic E-state index is 9.70. The predicted molar refractivity (Wildman–Crippen MR) is 55.3 cm³/mol. The Kier molecular flexibility index (Phi) is 3.27. The molecule has 73 valence electrons. The van der Waals surface area contributed by atoms with Gasteiger partial charge < -0.3 is 5.11 Å². The zero-order chi connectivity index (χ0) is 10.6. The van der Waals surface area contributed by atoms with Crippen molar-refractivity contribution in [2.24, 2.45) is 0 Å². The molecule has 1 rings (SSSR count). The van der Waals surface area contributed by atoms with Crippen LogP contribution in [0.15, 0.2) is 24.3 Å². The largest absolute Gasteiger partial charge is 0.386 e. The second-order valence-corrected chi connectivity index (χ2v) is 3.79. The summed E-state index contributed by atoms with van der Waals surface area (Å²) in [5.74, 6) is 0. The molecule has 1 aromatic rings. The minimum absolute atomic E-state index is 0.655. The second kappa shape index (κ2) is 4.26. The number of nitriles is 1. The van der Waals surface area contributed by atoms with Crippen molar-refractivity contribution in [2.45, 2.75) is 25.9 Å². The van der Waals surface area contributed by atoms with Crippen molar-refractivity contribution in [1.29, 1.82) is 5.26 Å². The van der Waals surface area contributed by atoms with E-state index < -0.39 is 5.60 Å². The number of hydrogen-bond donors (Lipinski definition) is 1. The maximum atomic E-state index is 9.70. The van der Waals surface area contributed by atoms with Crippen LogP contribution in [0.5, 0.6) is 0 Å². The first-order valence-corrected chi connectivity index (χ1v) is 4.57. The molecule has 0 aromatic heterocycles. The standard InChI is InChI=1S/C12H14NO/c1-12(2,14)11-7-5-10(6-8-11)4-3-9-13/h3,5-8,14H,4H2,1-2H3. The number of nitrogens with zero attached hydrogens (tertiary/aromatic N) is 1. The van der Waals surface area contributed by atoms with E-state index in [0.717, 1.165) is 11.1 Å². The first-order valence-electron chi connectivity index (χ1n) is 4.57. The summed E-state index contributed by atoms with van der Waals surface area (Å²) in [5.41, 5.74) is 1.18. The fourth-order valence-corrected chi connectivity index (χ4v) is 1.21. The lowest BCUT2D eigenvalue weighted by molar-refractivity contribution is 0.0786. The van der Waals surface area contributed by atoms with Crippen molar-refractivity contribution in [3.05, 3.63) is 41.8 Å². The first kappa shape index (κ1) is 10.7. The average Bonchev–Trinajstić information content (AvgIpc) is 2.14. The van der Waals surface area contributed by atoms with Crippen molar-refractivity contribution < 1.29 is 5.11 Å². The Morgan fingerprint density at radius 1 is 1.36 bits per heavy atom. The van der Waals surface area contributed by atoms with E-state index in [1.54, 1.807) is 20.3 Å². The van der Waals surface area contributed by atoms with Crippen molar-refractivity contribution in [2.75, 3.05) is 0 Å². The van der Waals surface area contributed by atoms with Crippen molar-refractivity contribution in [3.8, 4) is 6.07 Å². The lowest BCUT2D eigenvalue weighted by Crippen LogP contribution is -2.15. The highest BCUT2D eigenvalue weighted by molar-refractivity contribution is 5.27. The van der Waals surface area contributed by atoms with Gasteiger partial charge in [-0.2, -0.15) is 5.26 Å². The van der Waals surface area contributed by atoms with Gasteiger partial charge in [0.2, 0.25) is 0 Å². The third-order valence-corrected chi connectivity index (χ3v) is 2.09. The fraction of sp³-hybridized carbons (Fsp3) is 0.333. The molecule has 1 aromatic carbocycles. The summed E-state index contributed by atoms with van der Waals surface area (Å²) < 4.78 is 0. The van der Waals surface area contributed by atoms with Crippen LogP contribution in [0.1, 0.15) is 25.0 Å². The van der Waals surface area contributed by atoms with E-state index in [0.29, 0.717) is 6.42 Å². The monoisotopic (exact) mass is 188 g/mol. The molecule has 0 amide bonds. The lowest BCUT2D eigenvalue weighted by Gasteiger charge is -2.17. The Bertz CT molecular complexity index is 327. The van der Waals surface area contributed by atoms with Crippen molar-refractivity contribution >= 4 is 0 Å². The summed E-state index contributed by atoms with van der Waals surface area (Å²) in [7, 11) is 0. The van der Waals surface area contributed by atoms with Crippen LogP contribution < -0.4 is 0 Å². The summed E-state index contributed by atoms with van der Waals surface area (Å²) in [6, 6.07) is 9.63. The van der Waals surface area contributed by atoms with Crippen molar-refractivity contribution in [3.63, 3.8) is 0 Å². The van der Waals surface area contributed by atoms with E-state index in [1.807, 2.05) is 30.3 Å². The Labute approximate surface area is 84.8 Å². The average molecular weight is 188 g/mol. The van der Waals surface area contributed by atoms with E-state index in [1.165, 1.54) is 0 Å². The molecule has 0 heterocycles. The molecular weight excluding hydrogens is 174 g/mol. The minimum Gasteiger partial charge on any atom is -0.386 e. The van der Waals surface area contributed by atoms with Crippen molar-refractivity contribution in [1.82, 2.24) is 0 Å². The topological polar surface area (TPSA) is 44.0 Å². The highest BCUT2D eigenvalue weighted by Gasteiger charge is 2.14. The Morgan fingerprint density at radius 3 is 2.36 bits per heavy atom. The van der Waals surface area contributed by atoms with E-state index in [2.05, 4.69) is 0 Å². The summed E-state index contributed by atoms with van der Waals surface area (Å²) in [6.07, 6.45) is 2.21. The Hall–Kier alpha value is -1.33.